The van der Waals surface area contributed by atoms with Crippen molar-refractivity contribution in [2.75, 3.05) is 39.9 Å². The number of carboxylic acid groups (broad SMARTS) is 1. The zero-order valence-corrected chi connectivity index (χ0v) is 51.1. The summed E-state index contributed by atoms with van der Waals surface area (Å²) in [5.74, 6) is -4.10. The quantitative estimate of drug-likeness (QED) is 0.0281. The van der Waals surface area contributed by atoms with Crippen LogP contribution in [0.4, 0.5) is 0 Å². The topological polar surface area (TPSA) is 323 Å². The van der Waals surface area contributed by atoms with Crippen molar-refractivity contribution in [3.63, 3.8) is 0 Å². The van der Waals surface area contributed by atoms with Gasteiger partial charge in [0, 0.05) is 93.7 Å². The number of ketones is 2. The van der Waals surface area contributed by atoms with E-state index in [0.717, 1.165) is 36.0 Å². The molecule has 1 heterocycles. The molecule has 0 saturated heterocycles. The van der Waals surface area contributed by atoms with Crippen LogP contribution in [0.2, 0.25) is 0 Å². The molecule has 20 heteroatoms. The number of carbonyl (C=O) groups excluding carboxylic acids is 7. The number of hydrogen-bond donors (Lipinski definition) is 6. The van der Waals surface area contributed by atoms with Crippen LogP contribution >= 0.6 is 0 Å². The van der Waals surface area contributed by atoms with Crippen molar-refractivity contribution in [3.05, 3.63) is 118 Å². The highest BCUT2D eigenvalue weighted by Gasteiger charge is 2.35. The number of aryl methyl sites for hydroxylation is 2. The SMILES string of the molecule is CC(C)(C)OC(=O)CCC[C@@H](CC(=O)O)CC(=O)OCc1ccccc1.CCCCc1ccc(C(=O)N[C@@H](CCN)CC(=O)N(C)[C@@H]2C(=O)C[C@@H](C)C(=O)N[C@H](C(=O)CCC#N)Cc3ccc(OCCN)c(c3)-c3cc2ccc3OCCN)c(C)c1. The molecule has 0 spiro atoms. The Morgan fingerprint density at radius 3 is 2.09 bits per heavy atom. The lowest BCUT2D eigenvalue weighted by molar-refractivity contribution is -0.155. The number of Topliss-reactive ketones (excluding diaryl/α,β-unsaturated/α-hetero) is 2. The van der Waals surface area contributed by atoms with Crippen LogP contribution < -0.4 is 37.3 Å². The number of carboxylic acids is 1. The molecule has 4 aromatic rings. The number of rotatable bonds is 29. The van der Waals surface area contributed by atoms with Gasteiger partial charge in [-0.25, -0.2) is 0 Å². The molecule has 20 nitrogen and oxygen atoms in total. The van der Waals surface area contributed by atoms with Crippen molar-refractivity contribution in [1.29, 1.82) is 5.26 Å². The molecule has 4 aromatic carbocycles. The summed E-state index contributed by atoms with van der Waals surface area (Å²) in [4.78, 5) is 106. The monoisotopic (exact) mass is 1190 g/mol. The fourth-order valence-electron chi connectivity index (χ4n) is 9.90. The van der Waals surface area contributed by atoms with E-state index in [2.05, 4.69) is 17.6 Å². The second kappa shape index (κ2) is 36.1. The van der Waals surface area contributed by atoms with Crippen molar-refractivity contribution >= 4 is 47.2 Å². The van der Waals surface area contributed by atoms with Crippen molar-refractivity contribution in [1.82, 2.24) is 15.5 Å². The van der Waals surface area contributed by atoms with Crippen molar-refractivity contribution < 1.29 is 62.4 Å². The Labute approximate surface area is 506 Å². The minimum atomic E-state index is -1.17. The zero-order valence-electron chi connectivity index (χ0n) is 51.1. The highest BCUT2D eigenvalue weighted by molar-refractivity contribution is 5.97. The molecule has 5 rings (SSSR count). The van der Waals surface area contributed by atoms with Crippen LogP contribution in [0.25, 0.3) is 11.1 Å². The molecule has 9 N–H and O–H groups in total. The number of amides is 3. The minimum Gasteiger partial charge on any atom is -0.492 e. The van der Waals surface area contributed by atoms with Gasteiger partial charge in [-0.05, 0) is 137 Å². The Morgan fingerprint density at radius 2 is 1.48 bits per heavy atom. The molecular formula is C66H89N7O13. The Morgan fingerprint density at radius 1 is 0.802 bits per heavy atom. The first-order chi connectivity index (χ1) is 41.0. The van der Waals surface area contributed by atoms with E-state index >= 15 is 0 Å². The number of benzene rings is 4. The Hall–Kier alpha value is -7.99. The smallest absolute Gasteiger partial charge is 0.306 e. The summed E-state index contributed by atoms with van der Waals surface area (Å²) in [6.45, 7) is 12.2. The fourth-order valence-corrected chi connectivity index (χ4v) is 9.90. The lowest BCUT2D eigenvalue weighted by Crippen LogP contribution is -2.46. The van der Waals surface area contributed by atoms with Crippen molar-refractivity contribution in [2.24, 2.45) is 29.0 Å². The maximum Gasteiger partial charge on any atom is 0.306 e. The van der Waals surface area contributed by atoms with Crippen LogP contribution in [0.1, 0.15) is 156 Å². The third-order valence-electron chi connectivity index (χ3n) is 14.3. The van der Waals surface area contributed by atoms with Gasteiger partial charge < -0.3 is 56.8 Å². The van der Waals surface area contributed by atoms with Crippen molar-refractivity contribution in [2.45, 2.75) is 162 Å². The van der Waals surface area contributed by atoms with E-state index in [4.69, 9.17) is 41.3 Å². The first-order valence-corrected chi connectivity index (χ1v) is 29.7. The predicted octanol–water partition coefficient (Wildman–Crippen LogP) is 7.95. The number of aliphatic carboxylic acids is 1. The van der Waals surface area contributed by atoms with Gasteiger partial charge in [0.15, 0.2) is 11.6 Å². The number of nitrogens with one attached hydrogen (secondary N) is 2. The van der Waals surface area contributed by atoms with Gasteiger partial charge in [-0.2, -0.15) is 5.26 Å². The first-order valence-electron chi connectivity index (χ1n) is 29.7. The average molecular weight is 1190 g/mol. The number of fused-ring (bicyclic) bond motifs is 5. The normalized spacial score (nSPS) is 15.6. The number of esters is 2. The molecule has 4 bridgehead atoms. The minimum absolute atomic E-state index is 0.0191. The number of carbonyl (C=O) groups is 8. The molecule has 0 aliphatic carbocycles. The average Bonchev–Trinajstić information content (AvgIpc) is 1.22. The van der Waals surface area contributed by atoms with E-state index in [1.807, 2.05) is 61.5 Å². The molecule has 1 aliphatic rings. The van der Waals surface area contributed by atoms with Gasteiger partial charge in [-0.15, -0.1) is 0 Å². The highest BCUT2D eigenvalue weighted by atomic mass is 16.6. The number of ether oxygens (including phenoxy) is 4. The lowest BCUT2D eigenvalue weighted by atomic mass is 9.89. The maximum absolute atomic E-state index is 14.5. The van der Waals surface area contributed by atoms with Gasteiger partial charge in [0.25, 0.3) is 5.91 Å². The molecule has 0 fully saturated rings. The third kappa shape index (κ3) is 23.8. The number of unbranched alkanes of at least 4 members (excludes halogenated alkanes) is 1. The molecule has 86 heavy (non-hydrogen) atoms. The summed E-state index contributed by atoms with van der Waals surface area (Å²) >= 11 is 0. The molecule has 0 saturated carbocycles. The molecule has 1 aliphatic heterocycles. The number of nitrogens with zero attached hydrogens (tertiary/aromatic N) is 2. The predicted molar refractivity (Wildman–Crippen MR) is 326 cm³/mol. The van der Waals surface area contributed by atoms with Crippen LogP contribution in [0.15, 0.2) is 84.9 Å². The van der Waals surface area contributed by atoms with E-state index in [1.165, 1.54) is 11.9 Å². The zero-order chi connectivity index (χ0) is 63.3. The molecule has 466 valence electrons. The summed E-state index contributed by atoms with van der Waals surface area (Å²) < 4.78 is 22.6. The van der Waals surface area contributed by atoms with Crippen LogP contribution in [0.3, 0.4) is 0 Å². The fraction of sp³-hybridized carbons (Fsp3) is 0.500. The van der Waals surface area contributed by atoms with E-state index < -0.39 is 59.2 Å². The first kappa shape index (κ1) is 70.5. The Kier molecular flexibility index (Phi) is 29.6. The van der Waals surface area contributed by atoms with Crippen LogP contribution in [-0.4, -0.2) is 115 Å². The van der Waals surface area contributed by atoms with E-state index in [-0.39, 0.29) is 114 Å². The van der Waals surface area contributed by atoms with Crippen LogP contribution in [0.5, 0.6) is 11.5 Å². The summed E-state index contributed by atoms with van der Waals surface area (Å²) in [7, 11) is 1.53. The summed E-state index contributed by atoms with van der Waals surface area (Å²) in [6.07, 6.45) is 3.97. The number of likely N-dealkylation sites (N-methyl/N-ethyl adjacent to an activating group) is 1. The van der Waals surface area contributed by atoms with Crippen LogP contribution in [-0.2, 0) is 62.5 Å². The third-order valence-corrected chi connectivity index (χ3v) is 14.3. The molecule has 0 aromatic heterocycles. The lowest BCUT2D eigenvalue weighted by Gasteiger charge is -2.31. The number of hydrogen-bond acceptors (Lipinski definition) is 16. The van der Waals surface area contributed by atoms with Gasteiger partial charge in [0.1, 0.15) is 43.0 Å². The van der Waals surface area contributed by atoms with Gasteiger partial charge in [0.05, 0.1) is 12.1 Å². The van der Waals surface area contributed by atoms with Crippen molar-refractivity contribution in [3.8, 4) is 28.7 Å². The van der Waals surface area contributed by atoms with E-state index in [0.29, 0.717) is 58.6 Å². The Bertz CT molecular complexity index is 2960. The van der Waals surface area contributed by atoms with E-state index in [9.17, 15) is 43.6 Å². The number of nitrogens with two attached hydrogens (primary N) is 3. The largest absolute Gasteiger partial charge is 0.492 e. The molecule has 3 amide bonds. The number of nitriles is 1. The second-order valence-electron chi connectivity index (χ2n) is 22.7. The van der Waals surface area contributed by atoms with Gasteiger partial charge in [-0.1, -0.05) is 74.9 Å². The summed E-state index contributed by atoms with van der Waals surface area (Å²) in [6, 6.07) is 24.8. The summed E-state index contributed by atoms with van der Waals surface area (Å²) in [5.41, 5.74) is 22.7. The van der Waals surface area contributed by atoms with E-state index in [1.54, 1.807) is 64.1 Å². The van der Waals surface area contributed by atoms with Crippen LogP contribution in [0, 0.1) is 30.1 Å². The van der Waals surface area contributed by atoms with Gasteiger partial charge in [-0.3, -0.25) is 38.4 Å². The highest BCUT2D eigenvalue weighted by Crippen LogP contribution is 2.41. The summed E-state index contributed by atoms with van der Waals surface area (Å²) in [5, 5.41) is 24.1. The maximum atomic E-state index is 14.5. The molecule has 0 unspecified atom stereocenters. The van der Waals surface area contributed by atoms with Gasteiger partial charge >= 0.3 is 17.9 Å². The molecule has 5 atom stereocenters. The second-order valence-corrected chi connectivity index (χ2v) is 22.7. The molecular weight excluding hydrogens is 1100 g/mol. The standard InChI is InChI=1S/C46H61N7O7.C20H28O6/c1-5-6-8-31-10-13-35(29(2)23-31)46(58)51-34(16-18-48)28-43(56)53(4)44-33-12-15-42(60-22-20-50)37(27-33)36-25-32(11-14-41(36)59-21-19-49)26-38(39(54)9-7-17-47)52-45(57)30(3)24-40(44)55;1-20(2,3)26-18(23)11-7-10-16(12-17(21)22)13-19(24)25-14-15-8-5-4-6-9-15/h10-15,23,25,27,30,34,38,44H,5-9,16,18-22,24,26,28,48-50H2,1-4H3,(H,51,58)(H,52,57);4-6,8-9,16H,7,10-14H2,1-3H3,(H,21,22)/t30-,34+,38+,44+;16-/m10/s1. The molecule has 0 radical (unpaired) electrons. The van der Waals surface area contributed by atoms with Gasteiger partial charge in [0.2, 0.25) is 11.8 Å². The Balaban J connectivity index is 0.000000508.